The minimum Gasteiger partial charge on any atom is -0.351 e. The average molecular weight is 359 g/mol. The Morgan fingerprint density at radius 1 is 1.15 bits per heavy atom. The second-order valence-corrected chi connectivity index (χ2v) is 5.68. The minimum absolute atomic E-state index is 0.0469. The van der Waals surface area contributed by atoms with Crippen LogP contribution in [0.4, 0.5) is 20.2 Å². The second kappa shape index (κ2) is 7.30. The number of benzene rings is 2. The monoisotopic (exact) mass is 359 g/mol. The lowest BCUT2D eigenvalue weighted by Gasteiger charge is -2.29. The highest BCUT2D eigenvalue weighted by molar-refractivity contribution is 6.10. The van der Waals surface area contributed by atoms with Gasteiger partial charge < -0.3 is 15.5 Å². The summed E-state index contributed by atoms with van der Waals surface area (Å²) in [7, 11) is 0. The number of hydrogen-bond donors (Lipinski definition) is 2. The van der Waals surface area contributed by atoms with E-state index in [1.54, 1.807) is 24.3 Å². The Labute approximate surface area is 147 Å². The third-order valence-electron chi connectivity index (χ3n) is 3.87. The summed E-state index contributed by atoms with van der Waals surface area (Å²) >= 11 is 0. The van der Waals surface area contributed by atoms with E-state index in [2.05, 4.69) is 10.6 Å². The van der Waals surface area contributed by atoms with E-state index in [9.17, 15) is 23.2 Å². The Balaban J connectivity index is 1.61. The Hall–Kier alpha value is -3.29. The molecule has 0 spiro atoms. The van der Waals surface area contributed by atoms with Crippen LogP contribution in [0.25, 0.3) is 0 Å². The number of nitrogens with one attached hydrogen (secondary N) is 2. The van der Waals surface area contributed by atoms with E-state index in [1.807, 2.05) is 0 Å². The molecule has 0 aromatic heterocycles. The molecule has 0 unspecified atom stereocenters. The van der Waals surface area contributed by atoms with Gasteiger partial charge in [-0.25, -0.2) is 8.78 Å². The number of fused-ring (bicyclic) bond motifs is 1. The number of carbonyl (C=O) groups is 3. The van der Waals surface area contributed by atoms with Crippen LogP contribution in [0.3, 0.4) is 0 Å². The van der Waals surface area contributed by atoms with Crippen LogP contribution < -0.4 is 15.5 Å². The number of rotatable bonds is 4. The van der Waals surface area contributed by atoms with Crippen LogP contribution in [0.15, 0.2) is 42.5 Å². The van der Waals surface area contributed by atoms with Crippen LogP contribution in [0.5, 0.6) is 0 Å². The van der Waals surface area contributed by atoms with Gasteiger partial charge >= 0.3 is 0 Å². The molecule has 1 aliphatic rings. The van der Waals surface area contributed by atoms with E-state index < -0.39 is 17.5 Å². The van der Waals surface area contributed by atoms with E-state index in [-0.39, 0.29) is 36.9 Å². The number of nitrogens with zero attached hydrogens (tertiary/aromatic N) is 1. The smallest absolute Gasteiger partial charge is 0.254 e. The van der Waals surface area contributed by atoms with E-state index in [4.69, 9.17) is 0 Å². The quantitative estimate of drug-likeness (QED) is 0.877. The average Bonchev–Trinajstić information content (AvgIpc) is 2.60. The summed E-state index contributed by atoms with van der Waals surface area (Å²) in [6, 6.07) is 9.51. The molecular weight excluding hydrogens is 344 g/mol. The first-order chi connectivity index (χ1) is 12.5. The third kappa shape index (κ3) is 3.69. The van der Waals surface area contributed by atoms with E-state index in [0.29, 0.717) is 17.4 Å². The molecule has 3 rings (SSSR count). The van der Waals surface area contributed by atoms with Gasteiger partial charge in [0.05, 0.1) is 16.9 Å². The van der Waals surface area contributed by atoms with Crippen molar-refractivity contribution >= 4 is 29.1 Å². The van der Waals surface area contributed by atoms with Crippen molar-refractivity contribution in [3.05, 3.63) is 59.7 Å². The van der Waals surface area contributed by atoms with Gasteiger partial charge in [-0.05, 0) is 24.3 Å². The molecule has 0 aliphatic carbocycles. The molecule has 2 aromatic carbocycles. The molecule has 0 fully saturated rings. The topological polar surface area (TPSA) is 78.5 Å². The zero-order chi connectivity index (χ0) is 18.7. The summed E-state index contributed by atoms with van der Waals surface area (Å²) in [5, 5.41) is 5.09. The molecule has 3 amide bonds. The number of anilines is 2. The fourth-order valence-corrected chi connectivity index (χ4v) is 2.64. The molecule has 0 radical (unpaired) electrons. The number of amides is 3. The standard InChI is InChI=1S/C18H15F2N3O3/c19-11-5-6-12(13(20)9-11)18(26)21-8-7-17(25)23-10-16(24)22-14-3-1-2-4-15(14)23/h1-6,9H,7-8,10H2,(H,21,26)(H,22,24). The largest absolute Gasteiger partial charge is 0.351 e. The lowest BCUT2D eigenvalue weighted by atomic mass is 10.1. The molecule has 0 bridgehead atoms. The highest BCUT2D eigenvalue weighted by Gasteiger charge is 2.26. The fraction of sp³-hybridized carbons (Fsp3) is 0.167. The Kier molecular flexibility index (Phi) is 4.92. The lowest BCUT2D eigenvalue weighted by Crippen LogP contribution is -2.43. The number of hydrogen-bond acceptors (Lipinski definition) is 3. The van der Waals surface area contributed by atoms with Gasteiger partial charge in [0.2, 0.25) is 11.8 Å². The molecule has 6 nitrogen and oxygen atoms in total. The van der Waals surface area contributed by atoms with Crippen molar-refractivity contribution < 1.29 is 23.2 Å². The highest BCUT2D eigenvalue weighted by atomic mass is 19.1. The van der Waals surface area contributed by atoms with Gasteiger partial charge in [0.25, 0.3) is 5.91 Å². The van der Waals surface area contributed by atoms with Gasteiger partial charge in [-0.3, -0.25) is 14.4 Å². The summed E-state index contributed by atoms with van der Waals surface area (Å²) < 4.78 is 26.4. The maximum atomic E-state index is 13.6. The normalized spacial score (nSPS) is 13.0. The lowest BCUT2D eigenvalue weighted by molar-refractivity contribution is -0.121. The number of carbonyl (C=O) groups excluding carboxylic acids is 3. The van der Waals surface area contributed by atoms with Crippen molar-refractivity contribution in [2.24, 2.45) is 0 Å². The van der Waals surface area contributed by atoms with Crippen molar-refractivity contribution in [1.82, 2.24) is 5.32 Å². The summed E-state index contributed by atoms with van der Waals surface area (Å²) in [5.41, 5.74) is 0.809. The maximum Gasteiger partial charge on any atom is 0.254 e. The molecule has 1 heterocycles. The Morgan fingerprint density at radius 2 is 1.92 bits per heavy atom. The molecule has 26 heavy (non-hydrogen) atoms. The van der Waals surface area contributed by atoms with Gasteiger partial charge in [0.1, 0.15) is 18.2 Å². The van der Waals surface area contributed by atoms with Crippen LogP contribution in [0.1, 0.15) is 16.8 Å². The summed E-state index contributed by atoms with van der Waals surface area (Å²) in [4.78, 5) is 37.4. The van der Waals surface area contributed by atoms with Crippen molar-refractivity contribution in [2.75, 3.05) is 23.3 Å². The van der Waals surface area contributed by atoms with Gasteiger partial charge in [0, 0.05) is 19.0 Å². The summed E-state index contributed by atoms with van der Waals surface area (Å²) in [6.07, 6.45) is -0.0732. The van der Waals surface area contributed by atoms with Crippen LogP contribution in [-0.2, 0) is 9.59 Å². The van der Waals surface area contributed by atoms with E-state index in [0.717, 1.165) is 12.1 Å². The zero-order valence-electron chi connectivity index (χ0n) is 13.6. The molecule has 8 heteroatoms. The van der Waals surface area contributed by atoms with Crippen LogP contribution in [0, 0.1) is 11.6 Å². The van der Waals surface area contributed by atoms with Crippen molar-refractivity contribution in [3.63, 3.8) is 0 Å². The SMILES string of the molecule is O=C1CN(C(=O)CCNC(=O)c2ccc(F)cc2F)c2ccccc2N1. The van der Waals surface area contributed by atoms with Crippen LogP contribution >= 0.6 is 0 Å². The first-order valence-corrected chi connectivity index (χ1v) is 7.88. The third-order valence-corrected chi connectivity index (χ3v) is 3.87. The van der Waals surface area contributed by atoms with Crippen LogP contribution in [0.2, 0.25) is 0 Å². The summed E-state index contributed by atoms with van der Waals surface area (Å²) in [5.74, 6) is -3.17. The van der Waals surface area contributed by atoms with E-state index >= 15 is 0 Å². The first-order valence-electron chi connectivity index (χ1n) is 7.88. The molecule has 134 valence electrons. The van der Waals surface area contributed by atoms with Crippen LogP contribution in [-0.4, -0.2) is 30.8 Å². The van der Waals surface area contributed by atoms with Crippen molar-refractivity contribution in [1.29, 1.82) is 0 Å². The maximum absolute atomic E-state index is 13.6. The highest BCUT2D eigenvalue weighted by Crippen LogP contribution is 2.29. The van der Waals surface area contributed by atoms with Gasteiger partial charge in [-0.1, -0.05) is 12.1 Å². The fourth-order valence-electron chi connectivity index (χ4n) is 2.64. The van der Waals surface area contributed by atoms with E-state index in [1.165, 1.54) is 4.90 Å². The molecule has 2 N–H and O–H groups in total. The van der Waals surface area contributed by atoms with Crippen molar-refractivity contribution in [2.45, 2.75) is 6.42 Å². The molecule has 0 saturated heterocycles. The predicted octanol–water partition coefficient (Wildman–Crippen LogP) is 2.07. The summed E-state index contributed by atoms with van der Waals surface area (Å²) in [6.45, 7) is -0.162. The molecule has 0 saturated carbocycles. The minimum atomic E-state index is -0.976. The molecule has 1 aliphatic heterocycles. The second-order valence-electron chi connectivity index (χ2n) is 5.68. The Bertz CT molecular complexity index is 886. The van der Waals surface area contributed by atoms with Gasteiger partial charge in [-0.15, -0.1) is 0 Å². The van der Waals surface area contributed by atoms with Gasteiger partial charge in [-0.2, -0.15) is 0 Å². The zero-order valence-corrected chi connectivity index (χ0v) is 13.6. The molecular formula is C18H15F2N3O3. The van der Waals surface area contributed by atoms with Gasteiger partial charge in [0.15, 0.2) is 0 Å². The Morgan fingerprint density at radius 3 is 2.69 bits per heavy atom. The first kappa shape index (κ1) is 17.5. The van der Waals surface area contributed by atoms with Crippen molar-refractivity contribution in [3.8, 4) is 0 Å². The number of para-hydroxylation sites is 2. The number of halogens is 2. The molecule has 2 aromatic rings. The predicted molar refractivity (Wildman–Crippen MR) is 90.7 cm³/mol. The molecule has 0 atom stereocenters.